The lowest BCUT2D eigenvalue weighted by molar-refractivity contribution is -0.197. The molecule has 0 aromatic heterocycles. The van der Waals surface area contributed by atoms with E-state index in [2.05, 4.69) is 5.32 Å². The standard InChI is InChI=1S/C14H13F3N2O2/c1-2-13-9-6-4-3-5-8(9)11(20)19(13)10(14(15,16)17)7-18-12(13)21/h3-6,10H,2,7H2,1H3,(H,18,21). The molecule has 1 fully saturated rings. The van der Waals surface area contributed by atoms with Crippen molar-refractivity contribution in [1.29, 1.82) is 0 Å². The number of amides is 2. The molecule has 0 aliphatic carbocycles. The molecule has 2 unspecified atom stereocenters. The van der Waals surface area contributed by atoms with Gasteiger partial charge in [-0.15, -0.1) is 0 Å². The molecular weight excluding hydrogens is 285 g/mol. The van der Waals surface area contributed by atoms with E-state index in [0.29, 0.717) is 5.56 Å². The highest BCUT2D eigenvalue weighted by molar-refractivity contribution is 6.07. The van der Waals surface area contributed by atoms with Crippen molar-refractivity contribution in [3.8, 4) is 0 Å². The number of benzene rings is 1. The summed E-state index contributed by atoms with van der Waals surface area (Å²) in [6.45, 7) is 1.00. The van der Waals surface area contributed by atoms with E-state index in [9.17, 15) is 22.8 Å². The van der Waals surface area contributed by atoms with Gasteiger partial charge in [-0.3, -0.25) is 9.59 Å². The smallest absolute Gasteiger partial charge is 0.351 e. The Labute approximate surface area is 118 Å². The molecule has 1 N–H and O–H groups in total. The van der Waals surface area contributed by atoms with Crippen molar-refractivity contribution in [3.05, 3.63) is 35.4 Å². The minimum absolute atomic E-state index is 0.0914. The second kappa shape index (κ2) is 4.22. The second-order valence-corrected chi connectivity index (χ2v) is 5.20. The van der Waals surface area contributed by atoms with Crippen LogP contribution in [0.3, 0.4) is 0 Å². The van der Waals surface area contributed by atoms with Crippen LogP contribution in [-0.4, -0.2) is 35.5 Å². The monoisotopic (exact) mass is 298 g/mol. The third-order valence-corrected chi connectivity index (χ3v) is 4.27. The summed E-state index contributed by atoms with van der Waals surface area (Å²) in [5, 5.41) is 2.31. The van der Waals surface area contributed by atoms with E-state index in [4.69, 9.17) is 0 Å². The highest BCUT2D eigenvalue weighted by Gasteiger charge is 2.63. The molecule has 112 valence electrons. The average Bonchev–Trinajstić information content (AvgIpc) is 2.70. The summed E-state index contributed by atoms with van der Waals surface area (Å²) in [6.07, 6.45) is -4.50. The second-order valence-electron chi connectivity index (χ2n) is 5.20. The van der Waals surface area contributed by atoms with Crippen LogP contribution in [0.2, 0.25) is 0 Å². The van der Waals surface area contributed by atoms with Crippen molar-refractivity contribution in [3.63, 3.8) is 0 Å². The number of hydrogen-bond donors (Lipinski definition) is 1. The maximum atomic E-state index is 13.3. The molecule has 2 atom stereocenters. The molecular formula is C14H13F3N2O2. The molecule has 21 heavy (non-hydrogen) atoms. The normalized spacial score (nSPS) is 28.2. The summed E-state index contributed by atoms with van der Waals surface area (Å²) in [7, 11) is 0. The van der Waals surface area contributed by atoms with Gasteiger partial charge in [0.15, 0.2) is 0 Å². The zero-order valence-corrected chi connectivity index (χ0v) is 11.2. The summed E-state index contributed by atoms with van der Waals surface area (Å²) in [5.41, 5.74) is -1.04. The fourth-order valence-corrected chi connectivity index (χ4v) is 3.31. The fourth-order valence-electron chi connectivity index (χ4n) is 3.31. The van der Waals surface area contributed by atoms with Crippen LogP contribution in [0.25, 0.3) is 0 Å². The first-order valence-corrected chi connectivity index (χ1v) is 6.62. The number of nitrogens with zero attached hydrogens (tertiary/aromatic N) is 1. The molecule has 0 bridgehead atoms. The third kappa shape index (κ3) is 1.63. The summed E-state index contributed by atoms with van der Waals surface area (Å²) < 4.78 is 39.8. The molecule has 7 heteroatoms. The number of halogens is 3. The molecule has 4 nitrogen and oxygen atoms in total. The lowest BCUT2D eigenvalue weighted by Gasteiger charge is -2.46. The van der Waals surface area contributed by atoms with Crippen LogP contribution in [0, 0.1) is 0 Å². The number of rotatable bonds is 1. The van der Waals surface area contributed by atoms with Crippen LogP contribution in [0.1, 0.15) is 29.3 Å². The lowest BCUT2D eigenvalue weighted by Crippen LogP contribution is -2.68. The van der Waals surface area contributed by atoms with Gasteiger partial charge in [-0.05, 0) is 18.1 Å². The van der Waals surface area contributed by atoms with Gasteiger partial charge in [-0.25, -0.2) is 0 Å². The molecule has 1 aromatic rings. The molecule has 0 radical (unpaired) electrons. The zero-order chi connectivity index (χ0) is 15.4. The number of alkyl halides is 3. The maximum absolute atomic E-state index is 13.3. The summed E-state index contributed by atoms with van der Waals surface area (Å²) in [5.74, 6) is -1.28. The number of hydrogen-bond acceptors (Lipinski definition) is 2. The molecule has 1 aromatic carbocycles. The van der Waals surface area contributed by atoms with Crippen molar-refractivity contribution in [2.24, 2.45) is 0 Å². The van der Waals surface area contributed by atoms with Gasteiger partial charge in [-0.2, -0.15) is 13.2 Å². The van der Waals surface area contributed by atoms with E-state index in [1.165, 1.54) is 6.07 Å². The number of carbonyl (C=O) groups excluding carboxylic acids is 2. The number of carbonyl (C=O) groups is 2. The van der Waals surface area contributed by atoms with E-state index in [1.54, 1.807) is 25.1 Å². The van der Waals surface area contributed by atoms with Crippen LogP contribution in [-0.2, 0) is 10.3 Å². The fraction of sp³-hybridized carbons (Fsp3) is 0.429. The quantitative estimate of drug-likeness (QED) is 0.859. The Kier molecular flexibility index (Phi) is 2.80. The lowest BCUT2D eigenvalue weighted by atomic mass is 9.83. The first-order valence-electron chi connectivity index (χ1n) is 6.62. The van der Waals surface area contributed by atoms with E-state index in [1.807, 2.05) is 0 Å². The minimum atomic E-state index is -4.59. The van der Waals surface area contributed by atoms with Gasteiger partial charge in [0.25, 0.3) is 11.8 Å². The Hall–Kier alpha value is -2.05. The van der Waals surface area contributed by atoms with Crippen molar-refractivity contribution < 1.29 is 22.8 Å². The van der Waals surface area contributed by atoms with Gasteiger partial charge < -0.3 is 10.2 Å². The third-order valence-electron chi connectivity index (χ3n) is 4.27. The molecule has 0 spiro atoms. The molecule has 2 aliphatic heterocycles. The highest BCUT2D eigenvalue weighted by atomic mass is 19.4. The van der Waals surface area contributed by atoms with Crippen molar-refractivity contribution >= 4 is 11.8 Å². The summed E-state index contributed by atoms with van der Waals surface area (Å²) in [4.78, 5) is 25.5. The van der Waals surface area contributed by atoms with Gasteiger partial charge >= 0.3 is 6.18 Å². The molecule has 0 saturated carbocycles. The first-order chi connectivity index (χ1) is 9.84. The molecule has 2 heterocycles. The minimum Gasteiger partial charge on any atom is -0.351 e. The van der Waals surface area contributed by atoms with Crippen LogP contribution >= 0.6 is 0 Å². The zero-order valence-electron chi connectivity index (χ0n) is 11.2. The Morgan fingerprint density at radius 3 is 2.62 bits per heavy atom. The van der Waals surface area contributed by atoms with Gasteiger partial charge in [0.05, 0.1) is 0 Å². The summed E-state index contributed by atoms with van der Waals surface area (Å²) in [6, 6.07) is 4.22. The summed E-state index contributed by atoms with van der Waals surface area (Å²) >= 11 is 0. The number of nitrogens with one attached hydrogen (secondary N) is 1. The number of piperazine rings is 1. The van der Waals surface area contributed by atoms with E-state index >= 15 is 0 Å². The maximum Gasteiger partial charge on any atom is 0.410 e. The Morgan fingerprint density at radius 1 is 1.33 bits per heavy atom. The van der Waals surface area contributed by atoms with Gasteiger partial charge in [0.1, 0.15) is 11.6 Å². The SMILES string of the molecule is CCC12C(=O)NCC(C(F)(F)F)N1C(=O)c1ccccc12. The van der Waals surface area contributed by atoms with Crippen molar-refractivity contribution in [2.45, 2.75) is 31.1 Å². The molecule has 2 aliphatic rings. The molecule has 1 saturated heterocycles. The predicted molar refractivity (Wildman–Crippen MR) is 67.4 cm³/mol. The van der Waals surface area contributed by atoms with E-state index < -0.39 is 36.1 Å². The van der Waals surface area contributed by atoms with E-state index in [-0.39, 0.29) is 12.0 Å². The predicted octanol–water partition coefficient (Wildman–Crippen LogP) is 1.81. The van der Waals surface area contributed by atoms with Gasteiger partial charge in [0, 0.05) is 12.1 Å². The average molecular weight is 298 g/mol. The number of fused-ring (bicyclic) bond motifs is 3. The molecule has 2 amide bonds. The van der Waals surface area contributed by atoms with Crippen LogP contribution < -0.4 is 5.32 Å². The Balaban J connectivity index is 2.25. The Bertz CT molecular complexity index is 629. The Morgan fingerprint density at radius 2 is 2.00 bits per heavy atom. The van der Waals surface area contributed by atoms with Crippen LogP contribution in [0.5, 0.6) is 0 Å². The van der Waals surface area contributed by atoms with E-state index in [0.717, 1.165) is 4.90 Å². The van der Waals surface area contributed by atoms with Crippen LogP contribution in [0.15, 0.2) is 24.3 Å². The van der Waals surface area contributed by atoms with Crippen LogP contribution in [0.4, 0.5) is 13.2 Å². The van der Waals surface area contributed by atoms with Crippen molar-refractivity contribution in [2.75, 3.05) is 6.54 Å². The molecule has 3 rings (SSSR count). The highest BCUT2D eigenvalue weighted by Crippen LogP contribution is 2.47. The van der Waals surface area contributed by atoms with Gasteiger partial charge in [-0.1, -0.05) is 25.1 Å². The van der Waals surface area contributed by atoms with Gasteiger partial charge in [0.2, 0.25) is 0 Å². The topological polar surface area (TPSA) is 49.4 Å². The first kappa shape index (κ1) is 13.9. The van der Waals surface area contributed by atoms with Crippen molar-refractivity contribution in [1.82, 2.24) is 10.2 Å². The largest absolute Gasteiger partial charge is 0.410 e.